The van der Waals surface area contributed by atoms with Crippen LogP contribution in [0.5, 0.6) is 0 Å². The van der Waals surface area contributed by atoms with Crippen LogP contribution >= 0.6 is 0 Å². The normalized spacial score (nSPS) is 30.7. The zero-order chi connectivity index (χ0) is 16.7. The van der Waals surface area contributed by atoms with Gasteiger partial charge in [-0.2, -0.15) is 0 Å². The highest BCUT2D eigenvalue weighted by Crippen LogP contribution is 2.36. The molecule has 2 aliphatic carbocycles. The minimum atomic E-state index is -0.636. The molecule has 2 saturated heterocycles. The molecule has 2 aliphatic heterocycles. The Bertz CT molecular complexity index is 550. The van der Waals surface area contributed by atoms with Crippen molar-refractivity contribution in [3.8, 4) is 0 Å². The number of nitrogens with one attached hydrogen (secondary N) is 1. The molecule has 4 aliphatic rings. The molecule has 0 bridgehead atoms. The predicted molar refractivity (Wildman–Crippen MR) is 88.1 cm³/mol. The fourth-order valence-electron chi connectivity index (χ4n) is 5.09. The lowest BCUT2D eigenvalue weighted by molar-refractivity contribution is -0.132. The lowest BCUT2D eigenvalue weighted by Gasteiger charge is -2.31. The number of hydrogen-bond donors (Lipinski definition) is 1. The summed E-state index contributed by atoms with van der Waals surface area (Å²) in [5, 5.41) is 2.93. The highest BCUT2D eigenvalue weighted by molar-refractivity contribution is 6.07. The molecule has 6 heteroatoms. The second-order valence-electron chi connectivity index (χ2n) is 8.04. The van der Waals surface area contributed by atoms with E-state index in [9.17, 15) is 14.4 Å². The van der Waals surface area contributed by atoms with E-state index in [4.69, 9.17) is 0 Å². The molecular weight excluding hydrogens is 306 g/mol. The van der Waals surface area contributed by atoms with E-state index in [1.54, 1.807) is 0 Å². The van der Waals surface area contributed by atoms with Crippen molar-refractivity contribution in [1.29, 1.82) is 0 Å². The molecular formula is C18H27N3O3. The number of urea groups is 1. The number of amides is 4. The van der Waals surface area contributed by atoms with Crippen LogP contribution in [-0.4, -0.2) is 52.3 Å². The van der Waals surface area contributed by atoms with Crippen molar-refractivity contribution in [2.24, 2.45) is 5.92 Å². The second-order valence-corrected chi connectivity index (χ2v) is 8.04. The summed E-state index contributed by atoms with van der Waals surface area (Å²) in [4.78, 5) is 40.8. The largest absolute Gasteiger partial charge is 0.339 e. The smallest absolute Gasteiger partial charge is 0.325 e. The molecule has 0 aromatic rings. The molecule has 24 heavy (non-hydrogen) atoms. The first-order valence-corrected chi connectivity index (χ1v) is 9.53. The Morgan fingerprint density at radius 1 is 1.00 bits per heavy atom. The van der Waals surface area contributed by atoms with E-state index >= 15 is 0 Å². The van der Waals surface area contributed by atoms with Crippen LogP contribution in [0.15, 0.2) is 0 Å². The maximum absolute atomic E-state index is 12.7. The molecule has 1 unspecified atom stereocenters. The van der Waals surface area contributed by atoms with Crippen molar-refractivity contribution in [3.05, 3.63) is 0 Å². The summed E-state index contributed by atoms with van der Waals surface area (Å²) >= 11 is 0. The number of hydrogen-bond acceptors (Lipinski definition) is 3. The SMILES string of the molecule is O=C1NC2(CCCC2)C(=O)N1CC1CC(=O)N(C2CCCCC2)C1. The number of rotatable bonds is 3. The van der Waals surface area contributed by atoms with Gasteiger partial charge in [0.1, 0.15) is 5.54 Å². The predicted octanol–water partition coefficient (Wildman–Crippen LogP) is 2.03. The minimum Gasteiger partial charge on any atom is -0.339 e. The lowest BCUT2D eigenvalue weighted by Crippen LogP contribution is -2.44. The van der Waals surface area contributed by atoms with E-state index in [1.165, 1.54) is 24.2 Å². The molecule has 4 rings (SSSR count). The van der Waals surface area contributed by atoms with E-state index in [-0.39, 0.29) is 23.8 Å². The average Bonchev–Trinajstić information content (AvgIpc) is 3.25. The molecule has 4 fully saturated rings. The Labute approximate surface area is 142 Å². The van der Waals surface area contributed by atoms with Gasteiger partial charge in [0.25, 0.3) is 5.91 Å². The number of likely N-dealkylation sites (tertiary alicyclic amines) is 1. The van der Waals surface area contributed by atoms with Crippen LogP contribution < -0.4 is 5.32 Å². The number of nitrogens with zero attached hydrogens (tertiary/aromatic N) is 2. The van der Waals surface area contributed by atoms with E-state index in [1.807, 2.05) is 4.90 Å². The molecule has 4 amide bonds. The first kappa shape index (κ1) is 15.9. The summed E-state index contributed by atoms with van der Waals surface area (Å²) in [5.41, 5.74) is -0.636. The van der Waals surface area contributed by atoms with Crippen LogP contribution in [0.2, 0.25) is 0 Å². The Balaban J connectivity index is 1.40. The highest BCUT2D eigenvalue weighted by Gasteiger charge is 2.53. The van der Waals surface area contributed by atoms with Gasteiger partial charge in [-0.3, -0.25) is 14.5 Å². The zero-order valence-electron chi connectivity index (χ0n) is 14.3. The molecule has 1 atom stereocenters. The van der Waals surface area contributed by atoms with Gasteiger partial charge in [-0.05, 0) is 25.7 Å². The van der Waals surface area contributed by atoms with Gasteiger partial charge < -0.3 is 10.2 Å². The molecule has 2 heterocycles. The molecule has 0 aromatic heterocycles. The van der Waals surface area contributed by atoms with Gasteiger partial charge in [0, 0.05) is 31.5 Å². The van der Waals surface area contributed by atoms with Crippen LogP contribution in [0, 0.1) is 5.92 Å². The molecule has 1 spiro atoms. The quantitative estimate of drug-likeness (QED) is 0.804. The van der Waals surface area contributed by atoms with Crippen molar-refractivity contribution >= 4 is 17.8 Å². The third-order valence-electron chi connectivity index (χ3n) is 6.40. The minimum absolute atomic E-state index is 0.0615. The molecule has 0 radical (unpaired) electrons. The van der Waals surface area contributed by atoms with Crippen molar-refractivity contribution < 1.29 is 14.4 Å². The van der Waals surface area contributed by atoms with Gasteiger partial charge in [-0.25, -0.2) is 4.79 Å². The second kappa shape index (κ2) is 6.05. The summed E-state index contributed by atoms with van der Waals surface area (Å²) in [5.74, 6) is 0.230. The van der Waals surface area contributed by atoms with E-state index in [0.717, 1.165) is 38.5 Å². The van der Waals surface area contributed by atoms with E-state index < -0.39 is 5.54 Å². The standard InChI is InChI=1S/C18H27N3O3/c22-15-10-13(11-20(15)14-6-2-1-3-7-14)12-21-16(23)18(19-17(21)24)8-4-5-9-18/h13-14H,1-12H2,(H,19,24). The van der Waals surface area contributed by atoms with Gasteiger partial charge in [0.2, 0.25) is 5.91 Å². The molecule has 1 N–H and O–H groups in total. The Morgan fingerprint density at radius 2 is 1.71 bits per heavy atom. The Kier molecular flexibility index (Phi) is 4.01. The Hall–Kier alpha value is -1.59. The van der Waals surface area contributed by atoms with Gasteiger partial charge in [-0.1, -0.05) is 32.1 Å². The van der Waals surface area contributed by atoms with Crippen molar-refractivity contribution in [2.45, 2.75) is 75.8 Å². The third-order valence-corrected chi connectivity index (χ3v) is 6.40. The number of imide groups is 1. The van der Waals surface area contributed by atoms with Crippen molar-refractivity contribution in [2.75, 3.05) is 13.1 Å². The maximum Gasteiger partial charge on any atom is 0.325 e. The molecule has 2 saturated carbocycles. The van der Waals surface area contributed by atoms with Crippen LogP contribution in [0.3, 0.4) is 0 Å². The summed E-state index contributed by atoms with van der Waals surface area (Å²) in [6, 6.07) is 0.117. The molecule has 0 aromatic carbocycles. The fourth-order valence-corrected chi connectivity index (χ4v) is 5.09. The van der Waals surface area contributed by atoms with Crippen LogP contribution in [0.1, 0.15) is 64.2 Å². The van der Waals surface area contributed by atoms with E-state index in [0.29, 0.717) is 25.6 Å². The average molecular weight is 333 g/mol. The summed E-state index contributed by atoms with van der Waals surface area (Å²) in [6.45, 7) is 1.09. The van der Waals surface area contributed by atoms with Crippen LogP contribution in [0.4, 0.5) is 4.79 Å². The molecule has 6 nitrogen and oxygen atoms in total. The maximum atomic E-state index is 12.7. The third kappa shape index (κ3) is 2.60. The summed E-state index contributed by atoms with van der Waals surface area (Å²) < 4.78 is 0. The van der Waals surface area contributed by atoms with E-state index in [2.05, 4.69) is 5.32 Å². The zero-order valence-corrected chi connectivity index (χ0v) is 14.3. The number of carbonyl (C=O) groups is 3. The topological polar surface area (TPSA) is 69.7 Å². The molecule has 132 valence electrons. The first-order chi connectivity index (χ1) is 11.6. The first-order valence-electron chi connectivity index (χ1n) is 9.53. The van der Waals surface area contributed by atoms with Crippen LogP contribution in [-0.2, 0) is 9.59 Å². The summed E-state index contributed by atoms with van der Waals surface area (Å²) in [7, 11) is 0. The monoisotopic (exact) mass is 333 g/mol. The number of carbonyl (C=O) groups excluding carboxylic acids is 3. The van der Waals surface area contributed by atoms with Gasteiger partial charge in [-0.15, -0.1) is 0 Å². The van der Waals surface area contributed by atoms with Gasteiger partial charge in [0.05, 0.1) is 0 Å². The Morgan fingerprint density at radius 3 is 2.42 bits per heavy atom. The lowest BCUT2D eigenvalue weighted by atomic mass is 9.94. The summed E-state index contributed by atoms with van der Waals surface area (Å²) in [6.07, 6.45) is 9.86. The van der Waals surface area contributed by atoms with Crippen molar-refractivity contribution in [1.82, 2.24) is 15.1 Å². The van der Waals surface area contributed by atoms with Crippen molar-refractivity contribution in [3.63, 3.8) is 0 Å². The fraction of sp³-hybridized carbons (Fsp3) is 0.833. The van der Waals surface area contributed by atoms with Crippen LogP contribution in [0.25, 0.3) is 0 Å². The van der Waals surface area contributed by atoms with Gasteiger partial charge in [0.15, 0.2) is 0 Å². The highest BCUT2D eigenvalue weighted by atomic mass is 16.2. The van der Waals surface area contributed by atoms with Gasteiger partial charge >= 0.3 is 6.03 Å².